The van der Waals surface area contributed by atoms with Crippen LogP contribution < -0.4 is 0 Å². The molecule has 2 aromatic heterocycles. The minimum Gasteiger partial charge on any atom is -0.481 e. The van der Waals surface area contributed by atoms with Crippen LogP contribution in [-0.2, 0) is 11.2 Å². The third-order valence-corrected chi connectivity index (χ3v) is 3.80. The van der Waals surface area contributed by atoms with E-state index in [-0.39, 0.29) is 23.6 Å². The van der Waals surface area contributed by atoms with E-state index < -0.39 is 10.9 Å². The van der Waals surface area contributed by atoms with Crippen molar-refractivity contribution in [3.05, 3.63) is 63.5 Å². The van der Waals surface area contributed by atoms with Gasteiger partial charge in [0.05, 0.1) is 22.7 Å². The predicted molar refractivity (Wildman–Crippen MR) is 93.3 cm³/mol. The first-order valence-electron chi connectivity index (χ1n) is 7.71. The number of nitrogens with zero attached hydrogens (tertiary/aromatic N) is 5. The van der Waals surface area contributed by atoms with Gasteiger partial charge in [0.2, 0.25) is 0 Å². The lowest BCUT2D eigenvalue weighted by Crippen LogP contribution is -2.00. The Morgan fingerprint density at radius 2 is 2.04 bits per heavy atom. The van der Waals surface area contributed by atoms with Gasteiger partial charge in [-0.05, 0) is 37.1 Å². The van der Waals surface area contributed by atoms with Gasteiger partial charge in [-0.25, -0.2) is 4.98 Å². The molecule has 0 saturated heterocycles. The van der Waals surface area contributed by atoms with E-state index in [2.05, 4.69) is 15.2 Å². The number of hydrogen-bond donors (Lipinski definition) is 1. The van der Waals surface area contributed by atoms with Gasteiger partial charge >= 0.3 is 5.97 Å². The van der Waals surface area contributed by atoms with Crippen LogP contribution in [0.4, 0.5) is 17.2 Å². The Hall–Kier alpha value is -3.62. The van der Waals surface area contributed by atoms with Crippen molar-refractivity contribution in [2.24, 2.45) is 10.2 Å². The Labute approximate surface area is 147 Å². The van der Waals surface area contributed by atoms with Gasteiger partial charge in [-0.3, -0.25) is 19.3 Å². The zero-order valence-electron chi connectivity index (χ0n) is 14.1. The van der Waals surface area contributed by atoms with E-state index >= 15 is 0 Å². The molecule has 0 fully saturated rings. The number of nitro benzene ring substituents is 1. The van der Waals surface area contributed by atoms with Crippen LogP contribution in [0.2, 0.25) is 0 Å². The summed E-state index contributed by atoms with van der Waals surface area (Å²) in [4.78, 5) is 25.9. The Balaban J connectivity index is 2.10. The summed E-state index contributed by atoms with van der Waals surface area (Å²) < 4.78 is 1.64. The molecule has 0 amide bonds. The number of rotatable bonds is 5. The highest BCUT2D eigenvalue weighted by atomic mass is 16.6. The molecule has 1 N–H and O–H groups in total. The van der Waals surface area contributed by atoms with Crippen molar-refractivity contribution in [2.75, 3.05) is 0 Å². The number of nitro groups is 1. The Morgan fingerprint density at radius 1 is 1.27 bits per heavy atom. The van der Waals surface area contributed by atoms with Crippen LogP contribution in [0.3, 0.4) is 0 Å². The number of carbonyl (C=O) groups is 1. The predicted octanol–water partition coefficient (Wildman–Crippen LogP) is 3.90. The van der Waals surface area contributed by atoms with Gasteiger partial charge in [0.15, 0.2) is 5.82 Å². The normalized spacial score (nSPS) is 11.3. The summed E-state index contributed by atoms with van der Waals surface area (Å²) in [7, 11) is 0. The number of pyridine rings is 1. The summed E-state index contributed by atoms with van der Waals surface area (Å²) in [5, 5.41) is 28.3. The second-order valence-corrected chi connectivity index (χ2v) is 5.81. The molecule has 0 saturated carbocycles. The number of carboxylic acid groups (broad SMARTS) is 1. The molecule has 0 spiro atoms. The molecule has 0 aliphatic rings. The third kappa shape index (κ3) is 3.41. The summed E-state index contributed by atoms with van der Waals surface area (Å²) >= 11 is 0. The maximum absolute atomic E-state index is 11.1. The SMILES string of the molecule is Cc1ccn2c(N=Nc3cc([N+](=O)[O-])ccc3C)c(CC(=O)O)nc2c1. The van der Waals surface area contributed by atoms with Crippen molar-refractivity contribution in [3.63, 3.8) is 0 Å². The molecule has 1 aromatic carbocycles. The second kappa shape index (κ2) is 6.71. The average Bonchev–Trinajstić information content (AvgIpc) is 2.89. The number of imidazole rings is 1. The van der Waals surface area contributed by atoms with Crippen LogP contribution in [0.15, 0.2) is 46.8 Å². The topological polar surface area (TPSA) is 122 Å². The summed E-state index contributed by atoms with van der Waals surface area (Å²) in [6, 6.07) is 7.95. The van der Waals surface area contributed by atoms with Gasteiger partial charge in [0.25, 0.3) is 5.69 Å². The molecule has 0 atom stereocenters. The summed E-state index contributed by atoms with van der Waals surface area (Å²) in [5.41, 5.74) is 2.76. The lowest BCUT2D eigenvalue weighted by atomic mass is 10.2. The van der Waals surface area contributed by atoms with Gasteiger partial charge in [0.1, 0.15) is 5.65 Å². The van der Waals surface area contributed by atoms with Crippen LogP contribution in [0.25, 0.3) is 5.65 Å². The zero-order valence-corrected chi connectivity index (χ0v) is 14.1. The second-order valence-electron chi connectivity index (χ2n) is 5.81. The third-order valence-electron chi connectivity index (χ3n) is 3.80. The van der Waals surface area contributed by atoms with Crippen LogP contribution in [0.5, 0.6) is 0 Å². The molecule has 0 bridgehead atoms. The van der Waals surface area contributed by atoms with E-state index in [9.17, 15) is 14.9 Å². The molecule has 9 nitrogen and oxygen atoms in total. The monoisotopic (exact) mass is 353 g/mol. The quantitative estimate of drug-likeness (QED) is 0.423. The van der Waals surface area contributed by atoms with Crippen molar-refractivity contribution in [1.82, 2.24) is 9.38 Å². The highest BCUT2D eigenvalue weighted by molar-refractivity contribution is 5.72. The van der Waals surface area contributed by atoms with Gasteiger partial charge in [-0.1, -0.05) is 6.07 Å². The molecule has 3 rings (SSSR count). The smallest absolute Gasteiger partial charge is 0.309 e. The van der Waals surface area contributed by atoms with E-state index in [0.717, 1.165) is 5.56 Å². The van der Waals surface area contributed by atoms with Gasteiger partial charge in [-0.15, -0.1) is 10.2 Å². The number of aryl methyl sites for hydroxylation is 2. The molecule has 2 heterocycles. The van der Waals surface area contributed by atoms with Crippen molar-refractivity contribution in [2.45, 2.75) is 20.3 Å². The summed E-state index contributed by atoms with van der Waals surface area (Å²) in [6.07, 6.45) is 1.43. The zero-order chi connectivity index (χ0) is 18.8. The number of azo groups is 1. The standard InChI is InChI=1S/C17H15N5O4/c1-10-5-6-21-15(7-10)18-14(9-16(23)24)17(21)20-19-13-8-12(22(25)26)4-3-11(13)2/h3-8H,9H2,1-2H3,(H,23,24). The van der Waals surface area contributed by atoms with E-state index in [1.165, 1.54) is 12.1 Å². The van der Waals surface area contributed by atoms with Crippen molar-refractivity contribution in [1.29, 1.82) is 0 Å². The van der Waals surface area contributed by atoms with Crippen molar-refractivity contribution >= 4 is 28.8 Å². The molecule has 0 unspecified atom stereocenters. The van der Waals surface area contributed by atoms with E-state index in [0.29, 0.717) is 16.9 Å². The molecule has 0 aliphatic heterocycles. The summed E-state index contributed by atoms with van der Waals surface area (Å²) in [5.74, 6) is -0.749. The van der Waals surface area contributed by atoms with Crippen LogP contribution >= 0.6 is 0 Å². The number of aliphatic carboxylic acids is 1. The fraction of sp³-hybridized carbons (Fsp3) is 0.176. The van der Waals surface area contributed by atoms with Crippen LogP contribution in [-0.4, -0.2) is 25.4 Å². The first kappa shape index (κ1) is 17.2. The first-order valence-corrected chi connectivity index (χ1v) is 7.71. The van der Waals surface area contributed by atoms with Gasteiger partial charge < -0.3 is 5.11 Å². The van der Waals surface area contributed by atoms with E-state index in [1.54, 1.807) is 23.6 Å². The maximum Gasteiger partial charge on any atom is 0.309 e. The lowest BCUT2D eigenvalue weighted by molar-refractivity contribution is -0.384. The Morgan fingerprint density at radius 3 is 2.73 bits per heavy atom. The van der Waals surface area contributed by atoms with Crippen LogP contribution in [0.1, 0.15) is 16.8 Å². The van der Waals surface area contributed by atoms with Gasteiger partial charge in [0, 0.05) is 18.3 Å². The molecular weight excluding hydrogens is 338 g/mol. The minimum absolute atomic E-state index is 0.0934. The fourth-order valence-corrected chi connectivity index (χ4v) is 2.47. The fourth-order valence-electron chi connectivity index (χ4n) is 2.47. The van der Waals surface area contributed by atoms with Crippen molar-refractivity contribution < 1.29 is 14.8 Å². The number of fused-ring (bicyclic) bond motifs is 1. The Bertz CT molecular complexity index is 1050. The van der Waals surface area contributed by atoms with Crippen molar-refractivity contribution in [3.8, 4) is 0 Å². The Kier molecular flexibility index (Phi) is 4.44. The van der Waals surface area contributed by atoms with E-state index in [1.807, 2.05) is 19.1 Å². The average molecular weight is 353 g/mol. The lowest BCUT2D eigenvalue weighted by Gasteiger charge is -2.00. The largest absolute Gasteiger partial charge is 0.481 e. The molecule has 3 aromatic rings. The first-order chi connectivity index (χ1) is 12.3. The number of aromatic nitrogens is 2. The minimum atomic E-state index is -1.03. The van der Waals surface area contributed by atoms with Gasteiger partial charge in [-0.2, -0.15) is 0 Å². The summed E-state index contributed by atoms with van der Waals surface area (Å²) in [6.45, 7) is 3.66. The molecule has 132 valence electrons. The highest BCUT2D eigenvalue weighted by Crippen LogP contribution is 2.29. The number of benzene rings is 1. The molecular formula is C17H15N5O4. The van der Waals surface area contributed by atoms with Crippen LogP contribution in [0, 0.1) is 24.0 Å². The number of non-ortho nitro benzene ring substituents is 1. The maximum atomic E-state index is 11.1. The number of hydrogen-bond acceptors (Lipinski definition) is 6. The molecule has 26 heavy (non-hydrogen) atoms. The molecule has 9 heteroatoms. The molecule has 0 aliphatic carbocycles. The van der Waals surface area contributed by atoms with E-state index in [4.69, 9.17) is 5.11 Å². The molecule has 0 radical (unpaired) electrons. The number of carboxylic acids is 1. The highest BCUT2D eigenvalue weighted by Gasteiger charge is 2.15.